The summed E-state index contributed by atoms with van der Waals surface area (Å²) in [4.78, 5) is 54.3. The Labute approximate surface area is 196 Å². The molecule has 1 aromatic heterocycles. The number of hydrogen-bond acceptors (Lipinski definition) is 6. The van der Waals surface area contributed by atoms with Gasteiger partial charge in [-0.3, -0.25) is 19.1 Å². The van der Waals surface area contributed by atoms with Crippen LogP contribution in [0.25, 0.3) is 10.9 Å². The van der Waals surface area contributed by atoms with Crippen LogP contribution in [0.1, 0.15) is 12.8 Å². The Morgan fingerprint density at radius 1 is 1.12 bits per heavy atom. The molecular weight excluding hydrogens is 468 g/mol. The number of thioether (sulfide) groups is 1. The normalized spacial score (nSPS) is 17.7. The lowest BCUT2D eigenvalue weighted by atomic mass is 10.2. The van der Waals surface area contributed by atoms with Gasteiger partial charge in [-0.05, 0) is 49.2 Å². The number of benzene rings is 2. The minimum absolute atomic E-state index is 0.0762. The van der Waals surface area contributed by atoms with Crippen LogP contribution in [-0.4, -0.2) is 40.0 Å². The molecule has 2 aromatic carbocycles. The number of halogens is 1. The molecule has 0 aliphatic carbocycles. The average Bonchev–Trinajstić information content (AvgIpc) is 3.16. The molecule has 1 saturated heterocycles. The SMILES string of the molecule is O=C1CSc2ccc(N3C[C@@H](CCCn4c(=O)[nH]c5ccc(Cl)cc5c4=O)OC3=O)cc2N1. The molecule has 2 aliphatic heterocycles. The fourth-order valence-corrected chi connectivity index (χ4v) is 4.99. The second-order valence-corrected chi connectivity index (χ2v) is 9.31. The van der Waals surface area contributed by atoms with Crippen LogP contribution in [0.2, 0.25) is 5.02 Å². The monoisotopic (exact) mass is 486 g/mol. The van der Waals surface area contributed by atoms with Crippen LogP contribution in [0.4, 0.5) is 16.2 Å². The van der Waals surface area contributed by atoms with Crippen molar-refractivity contribution >= 4 is 57.6 Å². The van der Waals surface area contributed by atoms with Gasteiger partial charge in [0.05, 0.1) is 28.9 Å². The van der Waals surface area contributed by atoms with Gasteiger partial charge in [-0.15, -0.1) is 11.8 Å². The second kappa shape index (κ2) is 8.60. The number of carbonyl (C=O) groups excluding carboxylic acids is 2. The number of ether oxygens (including phenoxy) is 1. The van der Waals surface area contributed by atoms with Gasteiger partial charge in [0, 0.05) is 22.2 Å². The predicted octanol–water partition coefficient (Wildman–Crippen LogP) is 3.19. The summed E-state index contributed by atoms with van der Waals surface area (Å²) >= 11 is 7.43. The number of nitrogens with zero attached hydrogens (tertiary/aromatic N) is 2. The van der Waals surface area contributed by atoms with Crippen molar-refractivity contribution in [1.29, 1.82) is 0 Å². The Balaban J connectivity index is 1.26. The van der Waals surface area contributed by atoms with Crippen LogP contribution in [0, 0.1) is 0 Å². The molecule has 170 valence electrons. The van der Waals surface area contributed by atoms with Crippen molar-refractivity contribution < 1.29 is 14.3 Å². The van der Waals surface area contributed by atoms with Crippen molar-refractivity contribution in [3.05, 3.63) is 62.3 Å². The second-order valence-electron chi connectivity index (χ2n) is 7.85. The van der Waals surface area contributed by atoms with E-state index in [4.69, 9.17) is 16.3 Å². The fourth-order valence-electron chi connectivity index (χ4n) is 4.02. The molecule has 2 amide bonds. The van der Waals surface area contributed by atoms with E-state index in [0.717, 1.165) is 9.46 Å². The molecule has 2 N–H and O–H groups in total. The van der Waals surface area contributed by atoms with Crippen LogP contribution in [0.15, 0.2) is 50.9 Å². The van der Waals surface area contributed by atoms with Gasteiger partial charge in [0.2, 0.25) is 5.91 Å². The Morgan fingerprint density at radius 3 is 2.82 bits per heavy atom. The molecule has 1 fully saturated rings. The largest absolute Gasteiger partial charge is 0.444 e. The number of carbonyl (C=O) groups is 2. The molecule has 33 heavy (non-hydrogen) atoms. The molecule has 0 radical (unpaired) electrons. The number of rotatable bonds is 5. The number of cyclic esters (lactones) is 1. The fraction of sp³-hybridized carbons (Fsp3) is 0.273. The van der Waals surface area contributed by atoms with Gasteiger partial charge >= 0.3 is 11.8 Å². The summed E-state index contributed by atoms with van der Waals surface area (Å²) in [6.07, 6.45) is 0.115. The van der Waals surface area contributed by atoms with Crippen LogP contribution in [-0.2, 0) is 16.1 Å². The molecular formula is C22H19ClN4O5S. The lowest BCUT2D eigenvalue weighted by Crippen LogP contribution is -2.35. The third-order valence-corrected chi connectivity index (χ3v) is 6.94. The number of amides is 2. The number of nitrogens with one attached hydrogen (secondary N) is 2. The zero-order chi connectivity index (χ0) is 23.1. The van der Waals surface area contributed by atoms with Gasteiger partial charge in [0.1, 0.15) is 6.10 Å². The lowest BCUT2D eigenvalue weighted by Gasteiger charge is -2.20. The number of hydrogen-bond donors (Lipinski definition) is 2. The topological polar surface area (TPSA) is 114 Å². The van der Waals surface area contributed by atoms with E-state index in [2.05, 4.69) is 10.3 Å². The molecule has 0 saturated carbocycles. The zero-order valence-electron chi connectivity index (χ0n) is 17.3. The Bertz CT molecular complexity index is 1400. The summed E-state index contributed by atoms with van der Waals surface area (Å²) in [6.45, 7) is 0.532. The maximum Gasteiger partial charge on any atom is 0.414 e. The third-order valence-electron chi connectivity index (χ3n) is 5.63. The van der Waals surface area contributed by atoms with Crippen molar-refractivity contribution in [1.82, 2.24) is 9.55 Å². The molecule has 11 heteroatoms. The van der Waals surface area contributed by atoms with E-state index in [1.807, 2.05) is 12.1 Å². The van der Waals surface area contributed by atoms with Crippen molar-refractivity contribution in [2.45, 2.75) is 30.4 Å². The number of aromatic nitrogens is 2. The molecule has 2 aliphatic rings. The van der Waals surface area contributed by atoms with Crippen LogP contribution < -0.4 is 21.5 Å². The number of aromatic amines is 1. The first-order valence-electron chi connectivity index (χ1n) is 10.4. The quantitative estimate of drug-likeness (QED) is 0.572. The minimum atomic E-state index is -0.492. The van der Waals surface area contributed by atoms with Gasteiger partial charge in [-0.2, -0.15) is 0 Å². The molecule has 1 atom stereocenters. The van der Waals surface area contributed by atoms with Gasteiger partial charge in [-0.1, -0.05) is 11.6 Å². The van der Waals surface area contributed by atoms with Gasteiger partial charge in [0.25, 0.3) is 5.56 Å². The van der Waals surface area contributed by atoms with E-state index in [1.165, 1.54) is 22.7 Å². The Hall–Kier alpha value is -3.24. The van der Waals surface area contributed by atoms with Gasteiger partial charge < -0.3 is 15.0 Å². The standard InChI is InChI=1S/C22H19ClN4O5S/c23-12-3-5-16-15(8-12)20(29)26(21(30)25-16)7-1-2-14-10-27(22(31)32-14)13-4-6-18-17(9-13)24-19(28)11-33-18/h3-6,8-9,14H,1-2,7,10-11H2,(H,24,28)(H,25,30)/t14-/m1/s1. The summed E-state index contributed by atoms with van der Waals surface area (Å²) in [5, 5.41) is 3.58. The minimum Gasteiger partial charge on any atom is -0.444 e. The van der Waals surface area contributed by atoms with Gasteiger partial charge in [-0.25, -0.2) is 9.59 Å². The number of H-pyrrole nitrogens is 1. The first kappa shape index (κ1) is 21.6. The summed E-state index contributed by atoms with van der Waals surface area (Å²) in [5.41, 5.74) is 0.859. The van der Waals surface area contributed by atoms with E-state index in [9.17, 15) is 19.2 Å². The lowest BCUT2D eigenvalue weighted by molar-refractivity contribution is -0.113. The van der Waals surface area contributed by atoms with E-state index in [1.54, 1.807) is 18.2 Å². The van der Waals surface area contributed by atoms with Crippen molar-refractivity contribution in [2.24, 2.45) is 0 Å². The van der Waals surface area contributed by atoms with Gasteiger partial charge in [0.15, 0.2) is 0 Å². The maximum absolute atomic E-state index is 12.7. The highest BCUT2D eigenvalue weighted by Crippen LogP contribution is 2.35. The maximum atomic E-state index is 12.7. The van der Waals surface area contributed by atoms with Crippen LogP contribution in [0.5, 0.6) is 0 Å². The molecule has 9 nitrogen and oxygen atoms in total. The number of anilines is 2. The zero-order valence-corrected chi connectivity index (χ0v) is 18.9. The highest BCUT2D eigenvalue weighted by atomic mass is 35.5. The highest BCUT2D eigenvalue weighted by molar-refractivity contribution is 8.00. The van der Waals surface area contributed by atoms with E-state index in [-0.39, 0.29) is 18.6 Å². The summed E-state index contributed by atoms with van der Waals surface area (Å²) in [7, 11) is 0. The van der Waals surface area contributed by atoms with Crippen LogP contribution in [0.3, 0.4) is 0 Å². The molecule has 3 aromatic rings. The molecule has 0 unspecified atom stereocenters. The third kappa shape index (κ3) is 4.23. The smallest absolute Gasteiger partial charge is 0.414 e. The van der Waals surface area contributed by atoms with Crippen molar-refractivity contribution in [3.63, 3.8) is 0 Å². The first-order valence-corrected chi connectivity index (χ1v) is 11.7. The Kier molecular flexibility index (Phi) is 5.63. The number of fused-ring (bicyclic) bond motifs is 2. The average molecular weight is 487 g/mol. The molecule has 0 bridgehead atoms. The van der Waals surface area contributed by atoms with E-state index in [0.29, 0.717) is 52.4 Å². The van der Waals surface area contributed by atoms with Crippen molar-refractivity contribution in [3.8, 4) is 0 Å². The molecule has 3 heterocycles. The van der Waals surface area contributed by atoms with E-state index >= 15 is 0 Å². The molecule has 0 spiro atoms. The summed E-state index contributed by atoms with van der Waals surface area (Å²) in [5.74, 6) is 0.295. The summed E-state index contributed by atoms with van der Waals surface area (Å²) < 4.78 is 6.62. The van der Waals surface area contributed by atoms with Crippen LogP contribution >= 0.6 is 23.4 Å². The predicted molar refractivity (Wildman–Crippen MR) is 126 cm³/mol. The summed E-state index contributed by atoms with van der Waals surface area (Å²) in [6, 6.07) is 10.2. The Morgan fingerprint density at radius 2 is 1.97 bits per heavy atom. The van der Waals surface area contributed by atoms with Crippen molar-refractivity contribution in [2.75, 3.05) is 22.5 Å². The van der Waals surface area contributed by atoms with E-state index < -0.39 is 17.3 Å². The molecule has 5 rings (SSSR count). The highest BCUT2D eigenvalue weighted by Gasteiger charge is 2.32. The first-order chi connectivity index (χ1) is 15.9.